The number of carbonyl (C=O) groups is 1. The van der Waals surface area contributed by atoms with Gasteiger partial charge in [0.15, 0.2) is 0 Å². The van der Waals surface area contributed by atoms with E-state index < -0.39 is 5.97 Å². The standard InChI is InChI=1S/C12H7N5O2/c13-5-7(6-14)16-17-10-3-1-2-9-8(10)4-11(15-9)12(18)19/h1-4,15,17H,(H,18,19). The zero-order valence-corrected chi connectivity index (χ0v) is 9.51. The normalized spacial score (nSPS) is 9.37. The smallest absolute Gasteiger partial charge is 0.352 e. The van der Waals surface area contributed by atoms with Crippen LogP contribution in [0.3, 0.4) is 0 Å². The minimum atomic E-state index is -1.07. The van der Waals surface area contributed by atoms with Gasteiger partial charge in [-0.15, -0.1) is 0 Å². The molecule has 0 aliphatic carbocycles. The molecule has 0 atom stereocenters. The van der Waals surface area contributed by atoms with Crippen molar-refractivity contribution in [2.75, 3.05) is 5.43 Å². The predicted octanol–water partition coefficient (Wildman–Crippen LogP) is 1.68. The van der Waals surface area contributed by atoms with Crippen LogP contribution in [-0.2, 0) is 0 Å². The summed E-state index contributed by atoms with van der Waals surface area (Å²) in [5.74, 6) is -1.07. The van der Waals surface area contributed by atoms with Gasteiger partial charge < -0.3 is 10.1 Å². The van der Waals surface area contributed by atoms with E-state index in [2.05, 4.69) is 15.5 Å². The third kappa shape index (κ3) is 2.35. The van der Waals surface area contributed by atoms with E-state index in [1.165, 1.54) is 6.07 Å². The average molecular weight is 253 g/mol. The number of nitrogens with zero attached hydrogens (tertiary/aromatic N) is 3. The Labute approximate surface area is 107 Å². The molecule has 0 bridgehead atoms. The van der Waals surface area contributed by atoms with Crippen LogP contribution in [0.15, 0.2) is 29.4 Å². The molecule has 2 aromatic rings. The van der Waals surface area contributed by atoms with Gasteiger partial charge >= 0.3 is 5.97 Å². The topological polar surface area (TPSA) is 125 Å². The second-order valence-corrected chi connectivity index (χ2v) is 3.55. The highest BCUT2D eigenvalue weighted by Gasteiger charge is 2.09. The number of H-pyrrole nitrogens is 1. The highest BCUT2D eigenvalue weighted by molar-refractivity contribution is 6.10. The van der Waals surface area contributed by atoms with Crippen molar-refractivity contribution in [2.24, 2.45) is 5.10 Å². The number of fused-ring (bicyclic) bond motifs is 1. The lowest BCUT2D eigenvalue weighted by atomic mass is 10.2. The first-order valence-electron chi connectivity index (χ1n) is 5.14. The first-order chi connectivity index (χ1) is 9.15. The Balaban J connectivity index is 2.45. The van der Waals surface area contributed by atoms with Crippen molar-refractivity contribution in [1.29, 1.82) is 10.5 Å². The van der Waals surface area contributed by atoms with Gasteiger partial charge in [0.05, 0.1) is 5.69 Å². The molecule has 0 saturated heterocycles. The van der Waals surface area contributed by atoms with Crippen molar-refractivity contribution < 1.29 is 9.90 Å². The number of rotatable bonds is 3. The van der Waals surface area contributed by atoms with E-state index in [-0.39, 0.29) is 11.4 Å². The Hall–Kier alpha value is -3.32. The summed E-state index contributed by atoms with van der Waals surface area (Å²) in [5.41, 5.74) is 3.43. The summed E-state index contributed by atoms with van der Waals surface area (Å²) in [5, 5.41) is 30.3. The van der Waals surface area contributed by atoms with Crippen LogP contribution < -0.4 is 5.43 Å². The minimum absolute atomic E-state index is 0.0500. The van der Waals surface area contributed by atoms with E-state index in [0.717, 1.165) is 0 Å². The molecule has 0 saturated carbocycles. The van der Waals surface area contributed by atoms with Crippen LogP contribution in [0, 0.1) is 22.7 Å². The molecule has 0 aliphatic rings. The highest BCUT2D eigenvalue weighted by atomic mass is 16.4. The van der Waals surface area contributed by atoms with Crippen LogP contribution in [0.1, 0.15) is 10.5 Å². The van der Waals surface area contributed by atoms with Crippen molar-refractivity contribution in [2.45, 2.75) is 0 Å². The van der Waals surface area contributed by atoms with Crippen LogP contribution in [0.5, 0.6) is 0 Å². The Morgan fingerprint density at radius 2 is 2.11 bits per heavy atom. The number of hydrogen-bond donors (Lipinski definition) is 3. The largest absolute Gasteiger partial charge is 0.477 e. The molecular formula is C12H7N5O2. The molecule has 19 heavy (non-hydrogen) atoms. The van der Waals surface area contributed by atoms with Gasteiger partial charge in [0.2, 0.25) is 5.71 Å². The van der Waals surface area contributed by atoms with Crippen molar-refractivity contribution in [3.05, 3.63) is 30.0 Å². The molecule has 2 rings (SSSR count). The summed E-state index contributed by atoms with van der Waals surface area (Å²) in [6.07, 6.45) is 0. The minimum Gasteiger partial charge on any atom is -0.477 e. The van der Waals surface area contributed by atoms with Gasteiger partial charge in [-0.25, -0.2) is 4.79 Å². The summed E-state index contributed by atoms with van der Waals surface area (Å²) in [6.45, 7) is 0. The molecule has 0 spiro atoms. The van der Waals surface area contributed by atoms with E-state index in [4.69, 9.17) is 15.6 Å². The number of aromatic nitrogens is 1. The molecule has 7 heteroatoms. The molecule has 0 aliphatic heterocycles. The maximum atomic E-state index is 10.9. The van der Waals surface area contributed by atoms with Gasteiger partial charge in [-0.1, -0.05) is 6.07 Å². The molecule has 92 valence electrons. The number of nitriles is 2. The van der Waals surface area contributed by atoms with Crippen LogP contribution in [0.25, 0.3) is 10.9 Å². The Kier molecular flexibility index (Phi) is 3.13. The van der Waals surface area contributed by atoms with Crippen molar-refractivity contribution in [3.8, 4) is 12.1 Å². The summed E-state index contributed by atoms with van der Waals surface area (Å²) in [7, 11) is 0. The van der Waals surface area contributed by atoms with Crippen molar-refractivity contribution in [1.82, 2.24) is 4.98 Å². The van der Waals surface area contributed by atoms with E-state index in [1.807, 2.05) is 0 Å². The summed E-state index contributed by atoms with van der Waals surface area (Å²) >= 11 is 0. The average Bonchev–Trinajstić information content (AvgIpc) is 2.84. The van der Waals surface area contributed by atoms with E-state index in [1.54, 1.807) is 30.3 Å². The van der Waals surface area contributed by atoms with Crippen LogP contribution in [0.4, 0.5) is 5.69 Å². The van der Waals surface area contributed by atoms with Gasteiger partial charge in [-0.3, -0.25) is 5.43 Å². The van der Waals surface area contributed by atoms with Gasteiger partial charge in [0.1, 0.15) is 17.8 Å². The Bertz CT molecular complexity index is 744. The molecule has 1 heterocycles. The number of carboxylic acids is 1. The number of hydrogen-bond acceptors (Lipinski definition) is 5. The van der Waals surface area contributed by atoms with Gasteiger partial charge in [0.25, 0.3) is 0 Å². The Morgan fingerprint density at radius 1 is 1.37 bits per heavy atom. The molecule has 0 amide bonds. The number of benzene rings is 1. The van der Waals surface area contributed by atoms with E-state index in [9.17, 15) is 4.79 Å². The van der Waals surface area contributed by atoms with Crippen LogP contribution in [-0.4, -0.2) is 21.8 Å². The fraction of sp³-hybridized carbons (Fsp3) is 0. The van der Waals surface area contributed by atoms with Crippen molar-refractivity contribution in [3.63, 3.8) is 0 Å². The lowest BCUT2D eigenvalue weighted by molar-refractivity contribution is 0.0691. The monoisotopic (exact) mass is 253 g/mol. The van der Waals surface area contributed by atoms with E-state index in [0.29, 0.717) is 16.6 Å². The zero-order valence-electron chi connectivity index (χ0n) is 9.51. The fourth-order valence-electron chi connectivity index (χ4n) is 1.56. The number of hydrazone groups is 1. The third-order valence-corrected chi connectivity index (χ3v) is 2.39. The molecule has 1 aromatic heterocycles. The second-order valence-electron chi connectivity index (χ2n) is 3.55. The first-order valence-corrected chi connectivity index (χ1v) is 5.14. The summed E-state index contributed by atoms with van der Waals surface area (Å²) in [6, 6.07) is 9.76. The molecule has 0 fully saturated rings. The zero-order chi connectivity index (χ0) is 13.8. The lowest BCUT2D eigenvalue weighted by Crippen LogP contribution is -1.96. The number of anilines is 1. The van der Waals surface area contributed by atoms with Crippen LogP contribution in [0.2, 0.25) is 0 Å². The maximum Gasteiger partial charge on any atom is 0.352 e. The molecule has 0 unspecified atom stereocenters. The van der Waals surface area contributed by atoms with Crippen molar-refractivity contribution >= 4 is 28.3 Å². The number of aromatic amines is 1. The molecular weight excluding hydrogens is 246 g/mol. The van der Waals surface area contributed by atoms with Gasteiger partial charge in [-0.05, 0) is 18.2 Å². The number of aromatic carboxylic acids is 1. The first kappa shape index (κ1) is 12.1. The van der Waals surface area contributed by atoms with E-state index >= 15 is 0 Å². The van der Waals surface area contributed by atoms with Crippen LogP contribution >= 0.6 is 0 Å². The quantitative estimate of drug-likeness (QED) is 0.566. The molecule has 7 nitrogen and oxygen atoms in total. The number of carboxylic acid groups (broad SMARTS) is 1. The number of nitrogens with one attached hydrogen (secondary N) is 2. The summed E-state index contributed by atoms with van der Waals surface area (Å²) < 4.78 is 0. The van der Waals surface area contributed by atoms with Gasteiger partial charge in [0, 0.05) is 10.9 Å². The van der Waals surface area contributed by atoms with Gasteiger partial charge in [-0.2, -0.15) is 15.6 Å². The highest BCUT2D eigenvalue weighted by Crippen LogP contribution is 2.24. The predicted molar refractivity (Wildman–Crippen MR) is 67.5 cm³/mol. The lowest BCUT2D eigenvalue weighted by Gasteiger charge is -2.00. The Morgan fingerprint density at radius 3 is 2.74 bits per heavy atom. The molecule has 1 aromatic carbocycles. The molecule has 0 radical (unpaired) electrons. The molecule has 3 N–H and O–H groups in total. The fourth-order valence-corrected chi connectivity index (χ4v) is 1.56. The second kappa shape index (κ2) is 4.90. The maximum absolute atomic E-state index is 10.9. The summed E-state index contributed by atoms with van der Waals surface area (Å²) in [4.78, 5) is 13.6. The third-order valence-electron chi connectivity index (χ3n) is 2.39. The SMILES string of the molecule is N#CC(C#N)=NNc1cccc2[nH]c(C(=O)O)cc12.